The number of alkyl halides is 3. The van der Waals surface area contributed by atoms with Crippen LogP contribution in [-0.2, 0) is 10.9 Å². The summed E-state index contributed by atoms with van der Waals surface area (Å²) in [5, 5.41) is 0. The number of para-hydroxylation sites is 2. The molecule has 0 unspecified atom stereocenters. The molecule has 116 valence electrons. The van der Waals surface area contributed by atoms with Crippen LogP contribution >= 0.6 is 0 Å². The molecule has 4 rings (SSSR count). The van der Waals surface area contributed by atoms with Crippen LogP contribution in [-0.4, -0.2) is 9.97 Å². The van der Waals surface area contributed by atoms with Gasteiger partial charge in [0.2, 0.25) is 0 Å². The van der Waals surface area contributed by atoms with Gasteiger partial charge in [-0.3, -0.25) is 4.98 Å². The number of aromatic nitrogens is 2. The number of fused-ring (bicyclic) bond motifs is 1. The van der Waals surface area contributed by atoms with Gasteiger partial charge in [0.05, 0.1) is 28.5 Å². The average molecular weight is 316 g/mol. The highest BCUT2D eigenvalue weighted by atomic mass is 19.4. The normalized spacial score (nSPS) is 20.7. The predicted molar refractivity (Wildman–Crippen MR) is 77.5 cm³/mol. The van der Waals surface area contributed by atoms with Gasteiger partial charge in [-0.05, 0) is 29.8 Å². The van der Waals surface area contributed by atoms with E-state index in [4.69, 9.17) is 4.74 Å². The maximum Gasteiger partial charge on any atom is 0.416 e. The van der Waals surface area contributed by atoms with Crippen LogP contribution in [0.3, 0.4) is 0 Å². The SMILES string of the molecule is FC(F)(F)c1ccc([C@H]2O[C@H]2c2cnc3ccccc3n2)cc1. The summed E-state index contributed by atoms with van der Waals surface area (Å²) < 4.78 is 43.3. The van der Waals surface area contributed by atoms with Crippen LogP contribution < -0.4 is 0 Å². The van der Waals surface area contributed by atoms with Gasteiger partial charge in [0.15, 0.2) is 0 Å². The molecule has 2 heterocycles. The predicted octanol–water partition coefficient (Wildman–Crippen LogP) is 4.46. The number of halogens is 3. The van der Waals surface area contributed by atoms with E-state index in [0.29, 0.717) is 11.3 Å². The first kappa shape index (κ1) is 14.1. The number of hydrogen-bond donors (Lipinski definition) is 0. The van der Waals surface area contributed by atoms with Crippen molar-refractivity contribution in [2.75, 3.05) is 0 Å². The van der Waals surface area contributed by atoms with Gasteiger partial charge in [0.25, 0.3) is 0 Å². The molecule has 1 fully saturated rings. The van der Waals surface area contributed by atoms with Crippen molar-refractivity contribution < 1.29 is 17.9 Å². The molecule has 0 N–H and O–H groups in total. The molecule has 2 aromatic carbocycles. The van der Waals surface area contributed by atoms with E-state index in [-0.39, 0.29) is 12.2 Å². The Morgan fingerprint density at radius 3 is 2.26 bits per heavy atom. The number of epoxide rings is 1. The third-order valence-corrected chi connectivity index (χ3v) is 3.82. The molecule has 2 atom stereocenters. The molecule has 1 aliphatic heterocycles. The smallest absolute Gasteiger partial charge is 0.358 e. The standard InChI is InChI=1S/C17H11F3N2O/c18-17(19,20)11-7-5-10(6-8-11)15-16(23-15)14-9-21-12-3-1-2-4-13(12)22-14/h1-9,15-16H/t15-,16+/m1/s1. The highest BCUT2D eigenvalue weighted by molar-refractivity contribution is 5.73. The lowest BCUT2D eigenvalue weighted by atomic mass is 10.1. The highest BCUT2D eigenvalue weighted by Crippen LogP contribution is 2.50. The van der Waals surface area contributed by atoms with Crippen LogP contribution in [0.5, 0.6) is 0 Å². The first-order valence-corrected chi connectivity index (χ1v) is 7.07. The lowest BCUT2D eigenvalue weighted by Crippen LogP contribution is -2.04. The molecule has 0 aliphatic carbocycles. The molecule has 0 amide bonds. The van der Waals surface area contributed by atoms with Crippen molar-refractivity contribution in [3.63, 3.8) is 0 Å². The summed E-state index contributed by atoms with van der Waals surface area (Å²) in [6.45, 7) is 0. The number of nitrogens with zero attached hydrogens (tertiary/aromatic N) is 2. The van der Waals surface area contributed by atoms with Crippen LogP contribution in [0.15, 0.2) is 54.7 Å². The van der Waals surface area contributed by atoms with Gasteiger partial charge >= 0.3 is 6.18 Å². The van der Waals surface area contributed by atoms with Crippen molar-refractivity contribution >= 4 is 11.0 Å². The molecular weight excluding hydrogens is 305 g/mol. The highest BCUT2D eigenvalue weighted by Gasteiger charge is 2.43. The van der Waals surface area contributed by atoms with E-state index in [1.807, 2.05) is 24.3 Å². The van der Waals surface area contributed by atoms with E-state index in [2.05, 4.69) is 9.97 Å². The second-order valence-electron chi connectivity index (χ2n) is 5.38. The molecule has 3 aromatic rings. The van der Waals surface area contributed by atoms with Gasteiger partial charge in [0.1, 0.15) is 12.2 Å². The molecule has 0 saturated carbocycles. The zero-order chi connectivity index (χ0) is 16.0. The summed E-state index contributed by atoms with van der Waals surface area (Å²) in [5.74, 6) is 0. The summed E-state index contributed by atoms with van der Waals surface area (Å²) in [6, 6.07) is 12.5. The van der Waals surface area contributed by atoms with Crippen molar-refractivity contribution in [2.24, 2.45) is 0 Å². The first-order chi connectivity index (χ1) is 11.0. The largest absolute Gasteiger partial charge is 0.416 e. The van der Waals surface area contributed by atoms with Gasteiger partial charge in [-0.2, -0.15) is 13.2 Å². The maximum atomic E-state index is 12.6. The van der Waals surface area contributed by atoms with Gasteiger partial charge in [-0.25, -0.2) is 4.98 Å². The zero-order valence-corrected chi connectivity index (χ0v) is 11.8. The molecule has 23 heavy (non-hydrogen) atoms. The molecule has 6 heteroatoms. The summed E-state index contributed by atoms with van der Waals surface area (Å²) in [5.41, 5.74) is 2.30. The minimum Gasteiger partial charge on any atom is -0.358 e. The second kappa shape index (κ2) is 5.03. The Hall–Kier alpha value is -2.47. The van der Waals surface area contributed by atoms with E-state index in [1.54, 1.807) is 6.20 Å². The third kappa shape index (κ3) is 2.66. The summed E-state index contributed by atoms with van der Waals surface area (Å²) >= 11 is 0. The molecule has 1 aliphatic rings. The Labute approximate surface area is 129 Å². The lowest BCUT2D eigenvalue weighted by Gasteiger charge is -2.06. The summed E-state index contributed by atoms with van der Waals surface area (Å²) in [7, 11) is 0. The van der Waals surface area contributed by atoms with Crippen molar-refractivity contribution in [3.05, 3.63) is 71.5 Å². The van der Waals surface area contributed by atoms with E-state index in [1.165, 1.54) is 12.1 Å². The first-order valence-electron chi connectivity index (χ1n) is 7.07. The fourth-order valence-corrected chi connectivity index (χ4v) is 2.56. The number of ether oxygens (including phenoxy) is 1. The van der Waals surface area contributed by atoms with E-state index >= 15 is 0 Å². The minimum atomic E-state index is -4.33. The van der Waals surface area contributed by atoms with Crippen molar-refractivity contribution in [3.8, 4) is 0 Å². The molecule has 0 radical (unpaired) electrons. The van der Waals surface area contributed by atoms with E-state index < -0.39 is 11.7 Å². The minimum absolute atomic E-state index is 0.260. The number of benzene rings is 2. The number of hydrogen-bond acceptors (Lipinski definition) is 3. The molecule has 3 nitrogen and oxygen atoms in total. The van der Waals surface area contributed by atoms with Gasteiger partial charge in [-0.15, -0.1) is 0 Å². The van der Waals surface area contributed by atoms with Crippen LogP contribution in [0, 0.1) is 0 Å². The Bertz CT molecular complexity index is 862. The van der Waals surface area contributed by atoms with Crippen LogP contribution in [0.25, 0.3) is 11.0 Å². The van der Waals surface area contributed by atoms with Crippen LogP contribution in [0.4, 0.5) is 13.2 Å². The number of rotatable bonds is 2. The van der Waals surface area contributed by atoms with Gasteiger partial charge in [-0.1, -0.05) is 24.3 Å². The topological polar surface area (TPSA) is 38.3 Å². The fraction of sp³-hybridized carbons (Fsp3) is 0.176. The van der Waals surface area contributed by atoms with Gasteiger partial charge < -0.3 is 4.74 Å². The molecule has 0 spiro atoms. The van der Waals surface area contributed by atoms with E-state index in [0.717, 1.165) is 23.2 Å². The molecule has 0 bridgehead atoms. The average Bonchev–Trinajstić information content (AvgIpc) is 3.34. The Morgan fingerprint density at radius 1 is 0.870 bits per heavy atom. The second-order valence-corrected chi connectivity index (χ2v) is 5.38. The van der Waals surface area contributed by atoms with Gasteiger partial charge in [0, 0.05) is 0 Å². The fourth-order valence-electron chi connectivity index (χ4n) is 2.56. The van der Waals surface area contributed by atoms with Crippen molar-refractivity contribution in [1.29, 1.82) is 0 Å². The summed E-state index contributed by atoms with van der Waals surface area (Å²) in [4.78, 5) is 8.83. The monoisotopic (exact) mass is 316 g/mol. The van der Waals surface area contributed by atoms with E-state index in [9.17, 15) is 13.2 Å². The maximum absolute atomic E-state index is 12.6. The molecule has 1 aromatic heterocycles. The Kier molecular flexibility index (Phi) is 3.09. The lowest BCUT2D eigenvalue weighted by molar-refractivity contribution is -0.137. The van der Waals surface area contributed by atoms with Crippen LogP contribution in [0.1, 0.15) is 29.0 Å². The zero-order valence-electron chi connectivity index (χ0n) is 11.8. The Balaban J connectivity index is 1.57. The van der Waals surface area contributed by atoms with Crippen LogP contribution in [0.2, 0.25) is 0 Å². The van der Waals surface area contributed by atoms with Crippen molar-refractivity contribution in [2.45, 2.75) is 18.4 Å². The third-order valence-electron chi connectivity index (χ3n) is 3.82. The quantitative estimate of drug-likeness (QED) is 0.655. The molecule has 1 saturated heterocycles. The summed E-state index contributed by atoms with van der Waals surface area (Å²) in [6.07, 6.45) is -3.21. The molecular formula is C17H11F3N2O. The van der Waals surface area contributed by atoms with Crippen molar-refractivity contribution in [1.82, 2.24) is 9.97 Å². The Morgan fingerprint density at radius 2 is 1.57 bits per heavy atom.